The predicted octanol–water partition coefficient (Wildman–Crippen LogP) is 2.26. The Bertz CT molecular complexity index is 705. The molecular formula is C20H29N3O. The highest BCUT2D eigenvalue weighted by molar-refractivity contribution is 5.82. The highest BCUT2D eigenvalue weighted by atomic mass is 16.3. The highest BCUT2D eigenvalue weighted by Gasteiger charge is 2.17. The molecule has 1 N–H and O–H groups in total. The van der Waals surface area contributed by atoms with Crippen molar-refractivity contribution in [2.75, 3.05) is 26.3 Å². The van der Waals surface area contributed by atoms with Gasteiger partial charge in [0.05, 0.1) is 12.9 Å². The maximum Gasteiger partial charge on any atom is 0.133 e. The zero-order valence-electron chi connectivity index (χ0n) is 14.9. The summed E-state index contributed by atoms with van der Waals surface area (Å²) in [6.07, 6.45) is 12.9. The van der Waals surface area contributed by atoms with Crippen LogP contribution < -0.4 is 16.0 Å². The van der Waals surface area contributed by atoms with Gasteiger partial charge in [0.15, 0.2) is 0 Å². The molecule has 1 aromatic rings. The smallest absolute Gasteiger partial charge is 0.133 e. The molecule has 1 aliphatic heterocycles. The van der Waals surface area contributed by atoms with Gasteiger partial charge >= 0.3 is 0 Å². The highest BCUT2D eigenvalue weighted by Crippen LogP contribution is 2.17. The number of nitrogens with one attached hydrogen (secondary N) is 1. The third-order valence-corrected chi connectivity index (χ3v) is 4.93. The maximum atomic E-state index is 5.53. The number of allylic oxidation sites excluding steroid dienone is 1. The normalized spacial score (nSPS) is 19.2. The van der Waals surface area contributed by atoms with Crippen molar-refractivity contribution in [2.45, 2.75) is 39.5 Å². The van der Waals surface area contributed by atoms with Crippen molar-refractivity contribution in [1.82, 2.24) is 10.2 Å². The van der Waals surface area contributed by atoms with Gasteiger partial charge in [-0.25, -0.2) is 0 Å². The van der Waals surface area contributed by atoms with Crippen molar-refractivity contribution in [3.8, 4) is 0 Å². The summed E-state index contributed by atoms with van der Waals surface area (Å²) in [6, 6.07) is 2.02. The fraction of sp³-hybridized carbons (Fsp3) is 0.550. The number of hydrogen-bond donors (Lipinski definition) is 1. The average molecular weight is 327 g/mol. The van der Waals surface area contributed by atoms with Crippen molar-refractivity contribution >= 4 is 18.0 Å². The van der Waals surface area contributed by atoms with E-state index in [1.54, 1.807) is 6.26 Å². The molecule has 0 saturated carbocycles. The number of nitrogens with zero attached hydrogens (tertiary/aromatic N) is 2. The summed E-state index contributed by atoms with van der Waals surface area (Å²) in [6.45, 7) is 8.36. The van der Waals surface area contributed by atoms with Crippen LogP contribution in [0.4, 0.5) is 0 Å². The number of piperidine rings is 1. The largest absolute Gasteiger partial charge is 0.464 e. The number of amidine groups is 1. The lowest BCUT2D eigenvalue weighted by Gasteiger charge is -2.32. The summed E-state index contributed by atoms with van der Waals surface area (Å²) < 4.78 is 5.53. The van der Waals surface area contributed by atoms with Gasteiger partial charge in [-0.05, 0) is 42.9 Å². The molecule has 0 unspecified atom stereocenters. The van der Waals surface area contributed by atoms with Crippen LogP contribution in [-0.4, -0.2) is 37.0 Å². The van der Waals surface area contributed by atoms with Gasteiger partial charge < -0.3 is 9.32 Å². The number of rotatable bonds is 5. The Hall–Kier alpha value is -1.81. The first-order chi connectivity index (χ1) is 11.8. The second kappa shape index (κ2) is 8.34. The van der Waals surface area contributed by atoms with Gasteiger partial charge in [-0.3, -0.25) is 10.3 Å². The summed E-state index contributed by atoms with van der Waals surface area (Å²) in [5.74, 6) is 2.10. The first-order valence-electron chi connectivity index (χ1n) is 9.19. The fourth-order valence-electron chi connectivity index (χ4n) is 3.35. The summed E-state index contributed by atoms with van der Waals surface area (Å²) in [4.78, 5) is 7.25. The molecule has 1 aromatic heterocycles. The van der Waals surface area contributed by atoms with Gasteiger partial charge in [-0.2, -0.15) is 0 Å². The first kappa shape index (κ1) is 17.0. The number of aliphatic imine (C=N–C) groups is 1. The number of fused-ring (bicyclic) bond motifs is 1. The molecule has 1 aliphatic carbocycles. The molecule has 130 valence electrons. The van der Waals surface area contributed by atoms with Crippen LogP contribution in [0.5, 0.6) is 0 Å². The Balaban J connectivity index is 1.51. The third-order valence-electron chi connectivity index (χ3n) is 4.93. The van der Waals surface area contributed by atoms with Crippen LogP contribution in [0.15, 0.2) is 33.4 Å². The topological polar surface area (TPSA) is 40.8 Å². The Morgan fingerprint density at radius 1 is 1.33 bits per heavy atom. The van der Waals surface area contributed by atoms with E-state index in [1.165, 1.54) is 29.5 Å². The second-order valence-electron chi connectivity index (χ2n) is 6.79. The number of hydrogen-bond acceptors (Lipinski definition) is 3. The quantitative estimate of drug-likeness (QED) is 0.512. The average Bonchev–Trinajstić information content (AvgIpc) is 2.94. The number of furan rings is 1. The van der Waals surface area contributed by atoms with E-state index in [0.29, 0.717) is 6.67 Å². The van der Waals surface area contributed by atoms with Crippen LogP contribution in [-0.2, 0) is 0 Å². The minimum absolute atomic E-state index is 0.676. The molecular weight excluding hydrogens is 298 g/mol. The van der Waals surface area contributed by atoms with E-state index in [1.807, 2.05) is 6.07 Å². The van der Waals surface area contributed by atoms with Gasteiger partial charge in [0.1, 0.15) is 11.3 Å². The lowest BCUT2D eigenvalue weighted by atomic mass is 9.99. The van der Waals surface area contributed by atoms with Gasteiger partial charge in [0.25, 0.3) is 0 Å². The number of likely N-dealkylation sites (tertiary alicyclic amines) is 1. The molecule has 2 heterocycles. The molecule has 3 rings (SSSR count). The van der Waals surface area contributed by atoms with Crippen LogP contribution in [0.2, 0.25) is 0 Å². The molecule has 2 aliphatic rings. The molecule has 0 atom stereocenters. The Morgan fingerprint density at radius 3 is 2.96 bits per heavy atom. The molecule has 0 bridgehead atoms. The van der Waals surface area contributed by atoms with E-state index in [4.69, 9.17) is 9.41 Å². The maximum absolute atomic E-state index is 5.53. The lowest BCUT2D eigenvalue weighted by molar-refractivity contribution is 0.276. The molecule has 0 radical (unpaired) electrons. The zero-order valence-corrected chi connectivity index (χ0v) is 14.9. The molecule has 1 saturated heterocycles. The molecule has 0 amide bonds. The van der Waals surface area contributed by atoms with E-state index in [0.717, 1.165) is 43.8 Å². The van der Waals surface area contributed by atoms with Crippen LogP contribution in [0.25, 0.3) is 12.2 Å². The molecule has 24 heavy (non-hydrogen) atoms. The minimum atomic E-state index is 0.676. The zero-order chi connectivity index (χ0) is 16.8. The molecule has 0 spiro atoms. The van der Waals surface area contributed by atoms with E-state index in [2.05, 4.69) is 42.3 Å². The SMILES string of the molecule is CC/C(=N\CNCC1=CCC=c2ccoc2=C1)N1CCC(C)CC1. The summed E-state index contributed by atoms with van der Waals surface area (Å²) in [7, 11) is 0. The van der Waals surface area contributed by atoms with Crippen LogP contribution in [0, 0.1) is 5.92 Å². The summed E-state index contributed by atoms with van der Waals surface area (Å²) in [5.41, 5.74) is 2.22. The lowest BCUT2D eigenvalue weighted by Crippen LogP contribution is -2.38. The van der Waals surface area contributed by atoms with E-state index in [9.17, 15) is 0 Å². The second-order valence-corrected chi connectivity index (χ2v) is 6.79. The summed E-state index contributed by atoms with van der Waals surface area (Å²) in [5, 5.41) is 4.64. The van der Waals surface area contributed by atoms with Crippen LogP contribution in [0.3, 0.4) is 0 Å². The third kappa shape index (κ3) is 4.38. The standard InChI is InChI=1S/C20H29N3O/c1-3-20(23-10-7-16(2)8-11-23)22-15-21-14-17-5-4-6-18-9-12-24-19(18)13-17/h5-6,9,12-13,16,21H,3-4,7-8,10-11,14-15H2,1-2H3/b22-20+. The van der Waals surface area contributed by atoms with Crippen molar-refractivity contribution in [1.29, 1.82) is 0 Å². The minimum Gasteiger partial charge on any atom is -0.464 e. The molecule has 0 aromatic carbocycles. The van der Waals surface area contributed by atoms with Crippen LogP contribution in [0.1, 0.15) is 39.5 Å². The summed E-state index contributed by atoms with van der Waals surface area (Å²) >= 11 is 0. The predicted molar refractivity (Wildman–Crippen MR) is 100 cm³/mol. The molecule has 1 fully saturated rings. The van der Waals surface area contributed by atoms with Crippen LogP contribution >= 0.6 is 0 Å². The van der Waals surface area contributed by atoms with E-state index >= 15 is 0 Å². The molecule has 4 heteroatoms. The van der Waals surface area contributed by atoms with Gasteiger partial charge in [0, 0.05) is 31.3 Å². The fourth-order valence-corrected chi connectivity index (χ4v) is 3.35. The van der Waals surface area contributed by atoms with Gasteiger partial charge in [-0.15, -0.1) is 0 Å². The van der Waals surface area contributed by atoms with Crippen molar-refractivity contribution in [3.05, 3.63) is 34.6 Å². The van der Waals surface area contributed by atoms with E-state index in [-0.39, 0.29) is 0 Å². The monoisotopic (exact) mass is 327 g/mol. The van der Waals surface area contributed by atoms with Gasteiger partial charge in [0.2, 0.25) is 0 Å². The van der Waals surface area contributed by atoms with Crippen molar-refractivity contribution in [3.63, 3.8) is 0 Å². The van der Waals surface area contributed by atoms with Crippen molar-refractivity contribution in [2.24, 2.45) is 10.9 Å². The Kier molecular flexibility index (Phi) is 5.91. The molecule has 4 nitrogen and oxygen atoms in total. The van der Waals surface area contributed by atoms with Gasteiger partial charge in [-0.1, -0.05) is 26.0 Å². The van der Waals surface area contributed by atoms with Crippen molar-refractivity contribution < 1.29 is 4.42 Å². The Morgan fingerprint density at radius 2 is 2.17 bits per heavy atom. The van der Waals surface area contributed by atoms with E-state index < -0.39 is 0 Å². The first-order valence-corrected chi connectivity index (χ1v) is 9.19. The Labute approximate surface area is 144 Å².